The number of hydrogen-bond donors (Lipinski definition) is 1. The van der Waals surface area contributed by atoms with Gasteiger partial charge in [0.05, 0.1) is 12.0 Å². The van der Waals surface area contributed by atoms with Gasteiger partial charge in [-0.2, -0.15) is 4.31 Å². The second-order valence-corrected chi connectivity index (χ2v) is 12.8. The van der Waals surface area contributed by atoms with Crippen LogP contribution in [0.25, 0.3) is 0 Å². The highest BCUT2D eigenvalue weighted by Gasteiger charge is 2.53. The molecule has 3 aromatic rings. The summed E-state index contributed by atoms with van der Waals surface area (Å²) < 4.78 is 33.9. The third kappa shape index (κ3) is 4.45. The Hall–Kier alpha value is -2.73. The first kappa shape index (κ1) is 24.9. The molecule has 0 aliphatic carbocycles. The monoisotopic (exact) mass is 590 g/mol. The minimum absolute atomic E-state index is 0.0324. The Bertz CT molecular complexity index is 1400. The van der Waals surface area contributed by atoms with Crippen LogP contribution >= 0.6 is 27.3 Å². The van der Waals surface area contributed by atoms with Crippen LogP contribution in [0.4, 0.5) is 5.69 Å². The van der Waals surface area contributed by atoms with E-state index in [1.807, 2.05) is 30.3 Å². The number of rotatable bonds is 7. The number of thiophene rings is 1. The Morgan fingerprint density at radius 3 is 2.47 bits per heavy atom. The molecular formula is C25H23BrN2O6S2. The number of ether oxygens (including phenoxy) is 1. The highest BCUT2D eigenvalue weighted by atomic mass is 79.9. The van der Waals surface area contributed by atoms with Crippen LogP contribution in [0.3, 0.4) is 0 Å². The molecule has 2 aliphatic heterocycles. The quantitative estimate of drug-likeness (QED) is 0.441. The summed E-state index contributed by atoms with van der Waals surface area (Å²) in [7, 11) is -3.58. The largest absolute Gasteiger partial charge is 0.482 e. The number of aliphatic carboxylic acids is 1. The molecule has 0 saturated carbocycles. The molecule has 1 amide bonds. The molecule has 11 heteroatoms. The van der Waals surface area contributed by atoms with Gasteiger partial charge >= 0.3 is 5.97 Å². The maximum absolute atomic E-state index is 13.9. The molecule has 0 radical (unpaired) electrons. The molecule has 0 unspecified atom stereocenters. The SMILES string of the molecule is O=C(O)COc1ccc(CN2C(=O)C3(CCN(S(=O)(=O)c4cccs4)CC3)c3cc(Br)ccc32)cc1. The lowest BCUT2D eigenvalue weighted by Crippen LogP contribution is -2.49. The highest BCUT2D eigenvalue weighted by molar-refractivity contribution is 9.10. The minimum Gasteiger partial charge on any atom is -0.482 e. The van der Waals surface area contributed by atoms with Gasteiger partial charge in [0, 0.05) is 23.2 Å². The number of carbonyl (C=O) groups is 2. The van der Waals surface area contributed by atoms with Gasteiger partial charge in [-0.05, 0) is 65.7 Å². The zero-order valence-corrected chi connectivity index (χ0v) is 22.3. The van der Waals surface area contributed by atoms with Crippen molar-refractivity contribution >= 4 is 54.9 Å². The van der Waals surface area contributed by atoms with Gasteiger partial charge in [0.2, 0.25) is 5.91 Å². The summed E-state index contributed by atoms with van der Waals surface area (Å²) in [5, 5.41) is 10.5. The second kappa shape index (κ2) is 9.62. The number of nitrogens with zero attached hydrogens (tertiary/aromatic N) is 2. The standard InChI is InChI=1S/C25H23BrN2O6S2/c26-18-5-8-21-20(14-18)25(9-11-27(12-10-25)36(32,33)23-2-1-13-35-23)24(31)28(21)15-17-3-6-19(7-4-17)34-16-22(29)30/h1-8,13-14H,9-12,15-16H2,(H,29,30). The van der Waals surface area contributed by atoms with E-state index in [0.29, 0.717) is 29.3 Å². The van der Waals surface area contributed by atoms with Crippen molar-refractivity contribution in [3.63, 3.8) is 0 Å². The topological polar surface area (TPSA) is 104 Å². The Balaban J connectivity index is 1.39. The van der Waals surface area contributed by atoms with E-state index in [0.717, 1.165) is 21.3 Å². The van der Waals surface area contributed by atoms with Crippen molar-refractivity contribution in [2.75, 3.05) is 24.6 Å². The molecule has 8 nitrogen and oxygen atoms in total. The first-order valence-electron chi connectivity index (χ1n) is 11.3. The minimum atomic E-state index is -3.58. The number of carboxylic acids is 1. The van der Waals surface area contributed by atoms with Gasteiger partial charge in [-0.3, -0.25) is 4.79 Å². The van der Waals surface area contributed by atoms with E-state index in [1.165, 1.54) is 15.6 Å². The van der Waals surface area contributed by atoms with Crippen LogP contribution < -0.4 is 9.64 Å². The average Bonchev–Trinajstić information content (AvgIpc) is 3.48. The summed E-state index contributed by atoms with van der Waals surface area (Å²) >= 11 is 4.73. The van der Waals surface area contributed by atoms with Crippen LogP contribution in [-0.4, -0.2) is 49.4 Å². The van der Waals surface area contributed by atoms with Crippen molar-refractivity contribution in [2.24, 2.45) is 0 Å². The van der Waals surface area contributed by atoms with Crippen molar-refractivity contribution in [3.05, 3.63) is 75.6 Å². The van der Waals surface area contributed by atoms with Gasteiger partial charge in [-0.15, -0.1) is 11.3 Å². The number of amides is 1. The molecule has 0 bridgehead atoms. The predicted octanol–water partition coefficient (Wildman–Crippen LogP) is 4.24. The van der Waals surface area contributed by atoms with Gasteiger partial charge in [-0.25, -0.2) is 13.2 Å². The van der Waals surface area contributed by atoms with Crippen LogP contribution in [-0.2, 0) is 31.6 Å². The van der Waals surface area contributed by atoms with Gasteiger partial charge in [0.15, 0.2) is 6.61 Å². The lowest BCUT2D eigenvalue weighted by Gasteiger charge is -2.37. The lowest BCUT2D eigenvalue weighted by atomic mass is 9.74. The van der Waals surface area contributed by atoms with Gasteiger partial charge in [-0.1, -0.05) is 34.1 Å². The van der Waals surface area contributed by atoms with E-state index in [1.54, 1.807) is 34.5 Å². The summed E-state index contributed by atoms with van der Waals surface area (Å²) in [6, 6.07) is 16.1. The summed E-state index contributed by atoms with van der Waals surface area (Å²) in [6.45, 7) is 0.447. The highest BCUT2D eigenvalue weighted by Crippen LogP contribution is 2.50. The fraction of sp³-hybridized carbons (Fsp3) is 0.280. The molecule has 188 valence electrons. The maximum Gasteiger partial charge on any atom is 0.341 e. The number of carboxylic acid groups (broad SMARTS) is 1. The van der Waals surface area contributed by atoms with E-state index in [2.05, 4.69) is 15.9 Å². The number of carbonyl (C=O) groups excluding carboxylic acids is 1. The zero-order chi connectivity index (χ0) is 25.5. The zero-order valence-electron chi connectivity index (χ0n) is 19.1. The number of fused-ring (bicyclic) bond motifs is 2. The normalized spacial score (nSPS) is 17.4. The van der Waals surface area contributed by atoms with Crippen LogP contribution in [0.2, 0.25) is 0 Å². The molecule has 1 saturated heterocycles. The van der Waals surface area contributed by atoms with Crippen molar-refractivity contribution in [1.29, 1.82) is 0 Å². The number of sulfonamides is 1. The number of benzene rings is 2. The second-order valence-electron chi connectivity index (χ2n) is 8.80. The molecule has 1 aromatic heterocycles. The molecule has 3 heterocycles. The first-order valence-corrected chi connectivity index (χ1v) is 14.4. The maximum atomic E-state index is 13.9. The predicted molar refractivity (Wildman–Crippen MR) is 139 cm³/mol. The summed E-state index contributed by atoms with van der Waals surface area (Å²) in [5.74, 6) is -0.645. The van der Waals surface area contributed by atoms with Crippen LogP contribution in [0.1, 0.15) is 24.0 Å². The first-order chi connectivity index (χ1) is 17.2. The van der Waals surface area contributed by atoms with Crippen LogP contribution in [0.5, 0.6) is 5.75 Å². The molecule has 36 heavy (non-hydrogen) atoms. The van der Waals surface area contributed by atoms with E-state index in [4.69, 9.17) is 9.84 Å². The number of piperidine rings is 1. The fourth-order valence-corrected chi connectivity index (χ4v) is 7.86. The molecule has 5 rings (SSSR count). The molecule has 1 spiro atoms. The third-order valence-corrected chi connectivity index (χ3v) is 10.5. The molecule has 2 aromatic carbocycles. The molecule has 1 fully saturated rings. The van der Waals surface area contributed by atoms with Crippen molar-refractivity contribution in [2.45, 2.75) is 29.0 Å². The summed E-state index contributed by atoms with van der Waals surface area (Å²) in [6.07, 6.45) is 0.802. The molecule has 1 N–H and O–H groups in total. The summed E-state index contributed by atoms with van der Waals surface area (Å²) in [4.78, 5) is 26.4. The smallest absolute Gasteiger partial charge is 0.341 e. The van der Waals surface area contributed by atoms with Crippen molar-refractivity contribution in [1.82, 2.24) is 4.31 Å². The molecule has 0 atom stereocenters. The van der Waals surface area contributed by atoms with Crippen LogP contribution in [0, 0.1) is 0 Å². The van der Waals surface area contributed by atoms with E-state index in [-0.39, 0.29) is 19.0 Å². The Kier molecular flexibility index (Phi) is 6.67. The number of hydrogen-bond acceptors (Lipinski definition) is 6. The lowest BCUT2D eigenvalue weighted by molar-refractivity contribution is -0.139. The molecular weight excluding hydrogens is 568 g/mol. The van der Waals surface area contributed by atoms with E-state index in [9.17, 15) is 18.0 Å². The van der Waals surface area contributed by atoms with Gasteiger partial charge in [0.1, 0.15) is 9.96 Å². The Morgan fingerprint density at radius 1 is 1.11 bits per heavy atom. The fourth-order valence-electron chi connectivity index (χ4n) is 4.91. The van der Waals surface area contributed by atoms with E-state index < -0.39 is 28.0 Å². The van der Waals surface area contributed by atoms with Crippen molar-refractivity contribution in [3.8, 4) is 5.75 Å². The number of anilines is 1. The third-order valence-electron chi connectivity index (χ3n) is 6.71. The summed E-state index contributed by atoms with van der Waals surface area (Å²) in [5.41, 5.74) is 1.82. The molecule has 2 aliphatic rings. The van der Waals surface area contributed by atoms with Crippen LogP contribution in [0.15, 0.2) is 68.7 Å². The Labute approximate surface area is 221 Å². The van der Waals surface area contributed by atoms with Gasteiger partial charge < -0.3 is 14.7 Å². The average molecular weight is 592 g/mol. The Morgan fingerprint density at radius 2 is 1.83 bits per heavy atom. The van der Waals surface area contributed by atoms with Gasteiger partial charge in [0.25, 0.3) is 10.0 Å². The van der Waals surface area contributed by atoms with Crippen molar-refractivity contribution < 1.29 is 27.9 Å². The number of halogens is 1. The van der Waals surface area contributed by atoms with E-state index >= 15 is 0 Å².